The average molecular weight is 351 g/mol. The minimum absolute atomic E-state index is 0.0766. The first kappa shape index (κ1) is 16.4. The van der Waals surface area contributed by atoms with Crippen LogP contribution in [0.4, 0.5) is 0 Å². The van der Waals surface area contributed by atoms with Gasteiger partial charge in [-0.25, -0.2) is 4.52 Å². The molecule has 4 rings (SSSR count). The van der Waals surface area contributed by atoms with Crippen LogP contribution in [0.1, 0.15) is 29.3 Å². The summed E-state index contributed by atoms with van der Waals surface area (Å²) in [5.74, 6) is 1.32. The van der Waals surface area contributed by atoms with Crippen molar-refractivity contribution in [3.05, 3.63) is 47.8 Å². The molecule has 1 aliphatic rings. The number of rotatable bonds is 5. The van der Waals surface area contributed by atoms with Crippen LogP contribution in [0.5, 0.6) is 11.5 Å². The molecule has 1 amide bonds. The second-order valence-electron chi connectivity index (χ2n) is 6.32. The standard InChI is InChI=1S/C20H21N3O3/c1-3-8-26-15-4-5-17-16(11-22-23(17)12-15)14-9-13-6-7-21-20(24)19(13)18(10-14)25-2/h4-5,9-12H,3,6-8H2,1-2H3,(H,21,24). The SMILES string of the molecule is CCCOc1ccc2c(-c3cc4c(c(OC)c3)C(=O)NCC4)cnn2c1. The van der Waals surface area contributed by atoms with Crippen molar-refractivity contribution >= 4 is 11.4 Å². The second-order valence-corrected chi connectivity index (χ2v) is 6.32. The number of amides is 1. The summed E-state index contributed by atoms with van der Waals surface area (Å²) < 4.78 is 13.0. The van der Waals surface area contributed by atoms with Crippen molar-refractivity contribution in [1.82, 2.24) is 14.9 Å². The summed E-state index contributed by atoms with van der Waals surface area (Å²) in [5, 5.41) is 7.33. The molecule has 0 saturated heterocycles. The summed E-state index contributed by atoms with van der Waals surface area (Å²) in [4.78, 5) is 12.2. The van der Waals surface area contributed by atoms with Crippen LogP contribution in [-0.4, -0.2) is 35.8 Å². The van der Waals surface area contributed by atoms with E-state index < -0.39 is 0 Å². The molecule has 6 heteroatoms. The van der Waals surface area contributed by atoms with Crippen molar-refractivity contribution in [3.63, 3.8) is 0 Å². The molecule has 0 fully saturated rings. The molecule has 2 aromatic heterocycles. The molecule has 1 aliphatic heterocycles. The van der Waals surface area contributed by atoms with Gasteiger partial charge in [0.25, 0.3) is 5.91 Å². The minimum atomic E-state index is -0.0766. The van der Waals surface area contributed by atoms with Gasteiger partial charge < -0.3 is 14.8 Å². The van der Waals surface area contributed by atoms with Crippen LogP contribution in [0.25, 0.3) is 16.6 Å². The van der Waals surface area contributed by atoms with Gasteiger partial charge in [0.1, 0.15) is 11.5 Å². The van der Waals surface area contributed by atoms with Gasteiger partial charge in [0, 0.05) is 12.1 Å². The number of hydrogen-bond acceptors (Lipinski definition) is 4. The van der Waals surface area contributed by atoms with Gasteiger partial charge in [-0.2, -0.15) is 5.10 Å². The Hall–Kier alpha value is -3.02. The normalized spacial score (nSPS) is 13.4. The fraction of sp³-hybridized carbons (Fsp3) is 0.300. The molecule has 134 valence electrons. The zero-order valence-corrected chi connectivity index (χ0v) is 14.9. The molecular weight excluding hydrogens is 330 g/mol. The maximum absolute atomic E-state index is 12.2. The van der Waals surface area contributed by atoms with E-state index in [0.29, 0.717) is 24.5 Å². The fourth-order valence-corrected chi connectivity index (χ4v) is 3.34. The van der Waals surface area contributed by atoms with E-state index in [9.17, 15) is 4.79 Å². The third-order valence-corrected chi connectivity index (χ3v) is 4.58. The number of aromatic nitrogens is 2. The third kappa shape index (κ3) is 2.77. The lowest BCUT2D eigenvalue weighted by Crippen LogP contribution is -2.32. The van der Waals surface area contributed by atoms with Gasteiger partial charge in [-0.05, 0) is 48.2 Å². The summed E-state index contributed by atoms with van der Waals surface area (Å²) in [5.41, 5.74) is 4.61. The molecular formula is C20H21N3O3. The van der Waals surface area contributed by atoms with Crippen LogP contribution < -0.4 is 14.8 Å². The van der Waals surface area contributed by atoms with Crippen molar-refractivity contribution in [3.8, 4) is 22.6 Å². The van der Waals surface area contributed by atoms with E-state index in [1.807, 2.05) is 35.1 Å². The van der Waals surface area contributed by atoms with Gasteiger partial charge in [-0.1, -0.05) is 6.92 Å². The summed E-state index contributed by atoms with van der Waals surface area (Å²) in [6, 6.07) is 7.93. The van der Waals surface area contributed by atoms with E-state index in [0.717, 1.165) is 40.8 Å². The Labute approximate surface area is 151 Å². The summed E-state index contributed by atoms with van der Waals surface area (Å²) in [7, 11) is 1.59. The number of benzene rings is 1. The highest BCUT2D eigenvalue weighted by Crippen LogP contribution is 2.34. The molecule has 1 N–H and O–H groups in total. The zero-order chi connectivity index (χ0) is 18.1. The summed E-state index contributed by atoms with van der Waals surface area (Å²) >= 11 is 0. The van der Waals surface area contributed by atoms with E-state index in [1.165, 1.54) is 0 Å². The van der Waals surface area contributed by atoms with Gasteiger partial charge in [0.05, 0.1) is 37.2 Å². The van der Waals surface area contributed by atoms with Gasteiger partial charge in [-0.15, -0.1) is 0 Å². The molecule has 0 radical (unpaired) electrons. The highest BCUT2D eigenvalue weighted by atomic mass is 16.5. The van der Waals surface area contributed by atoms with Crippen LogP contribution in [0.2, 0.25) is 0 Å². The number of ether oxygens (including phenoxy) is 2. The second kappa shape index (κ2) is 6.71. The quantitative estimate of drug-likeness (QED) is 0.767. The molecule has 1 aromatic carbocycles. The van der Waals surface area contributed by atoms with E-state index in [1.54, 1.807) is 7.11 Å². The number of nitrogens with zero attached hydrogens (tertiary/aromatic N) is 2. The number of carbonyl (C=O) groups excluding carboxylic acids is 1. The van der Waals surface area contributed by atoms with Gasteiger partial charge in [0.2, 0.25) is 0 Å². The predicted octanol–water partition coefficient (Wildman–Crippen LogP) is 3.08. The van der Waals surface area contributed by atoms with Crippen molar-refractivity contribution in [2.75, 3.05) is 20.3 Å². The fourth-order valence-electron chi connectivity index (χ4n) is 3.34. The Bertz CT molecular complexity index is 961. The van der Waals surface area contributed by atoms with Crippen LogP contribution >= 0.6 is 0 Å². The van der Waals surface area contributed by atoms with Crippen LogP contribution in [0.3, 0.4) is 0 Å². The first-order valence-electron chi connectivity index (χ1n) is 8.81. The smallest absolute Gasteiger partial charge is 0.255 e. The average Bonchev–Trinajstić information content (AvgIpc) is 3.09. The van der Waals surface area contributed by atoms with Crippen LogP contribution in [-0.2, 0) is 6.42 Å². The number of pyridine rings is 1. The molecule has 0 aliphatic carbocycles. The Morgan fingerprint density at radius 1 is 1.31 bits per heavy atom. The zero-order valence-electron chi connectivity index (χ0n) is 14.9. The first-order chi connectivity index (χ1) is 12.7. The molecule has 3 aromatic rings. The lowest BCUT2D eigenvalue weighted by atomic mass is 9.94. The highest BCUT2D eigenvalue weighted by molar-refractivity contribution is 6.00. The minimum Gasteiger partial charge on any atom is -0.496 e. The lowest BCUT2D eigenvalue weighted by Gasteiger charge is -2.20. The molecule has 0 unspecified atom stereocenters. The van der Waals surface area contributed by atoms with Gasteiger partial charge in [0.15, 0.2) is 0 Å². The first-order valence-corrected chi connectivity index (χ1v) is 8.81. The number of carbonyl (C=O) groups is 1. The van der Waals surface area contributed by atoms with E-state index >= 15 is 0 Å². The topological polar surface area (TPSA) is 64.9 Å². The van der Waals surface area contributed by atoms with Crippen LogP contribution in [0, 0.1) is 0 Å². The van der Waals surface area contributed by atoms with Gasteiger partial charge in [-0.3, -0.25) is 4.79 Å². The lowest BCUT2D eigenvalue weighted by molar-refractivity contribution is 0.0942. The maximum atomic E-state index is 12.2. The maximum Gasteiger partial charge on any atom is 0.255 e. The molecule has 3 heterocycles. The Kier molecular flexibility index (Phi) is 4.24. The molecule has 0 bridgehead atoms. The van der Waals surface area contributed by atoms with Crippen molar-refractivity contribution in [2.24, 2.45) is 0 Å². The third-order valence-electron chi connectivity index (χ3n) is 4.58. The molecule has 26 heavy (non-hydrogen) atoms. The predicted molar refractivity (Wildman–Crippen MR) is 99.0 cm³/mol. The number of nitrogens with one attached hydrogen (secondary N) is 1. The van der Waals surface area contributed by atoms with Crippen molar-refractivity contribution in [2.45, 2.75) is 19.8 Å². The Morgan fingerprint density at radius 3 is 3.00 bits per heavy atom. The molecule has 0 spiro atoms. The van der Waals surface area contributed by atoms with Crippen molar-refractivity contribution in [1.29, 1.82) is 0 Å². The van der Waals surface area contributed by atoms with E-state index in [4.69, 9.17) is 9.47 Å². The van der Waals surface area contributed by atoms with E-state index in [-0.39, 0.29) is 5.91 Å². The summed E-state index contributed by atoms with van der Waals surface area (Å²) in [6.45, 7) is 3.41. The van der Waals surface area contributed by atoms with Gasteiger partial charge >= 0.3 is 0 Å². The molecule has 6 nitrogen and oxygen atoms in total. The Morgan fingerprint density at radius 2 is 2.19 bits per heavy atom. The molecule has 0 saturated carbocycles. The summed E-state index contributed by atoms with van der Waals surface area (Å²) in [6.07, 6.45) is 5.48. The highest BCUT2D eigenvalue weighted by Gasteiger charge is 2.23. The number of fused-ring (bicyclic) bond motifs is 2. The largest absolute Gasteiger partial charge is 0.496 e. The monoisotopic (exact) mass is 351 g/mol. The number of hydrogen-bond donors (Lipinski definition) is 1. The van der Waals surface area contributed by atoms with E-state index in [2.05, 4.69) is 23.4 Å². The molecule has 0 atom stereocenters. The van der Waals surface area contributed by atoms with Crippen LogP contribution in [0.15, 0.2) is 36.7 Å². The Balaban J connectivity index is 1.79. The van der Waals surface area contributed by atoms with Crippen molar-refractivity contribution < 1.29 is 14.3 Å². The number of methoxy groups -OCH3 is 1.